The summed E-state index contributed by atoms with van der Waals surface area (Å²) in [6.07, 6.45) is -0.769. The molecular weight excluding hydrogens is 250 g/mol. The highest BCUT2D eigenvalue weighted by molar-refractivity contribution is 5.96. The molecule has 0 aliphatic rings. The van der Waals surface area contributed by atoms with Crippen molar-refractivity contribution in [2.24, 2.45) is 0 Å². The van der Waals surface area contributed by atoms with Gasteiger partial charge in [-0.15, -0.1) is 0 Å². The van der Waals surface area contributed by atoms with Crippen LogP contribution >= 0.6 is 0 Å². The lowest BCUT2D eigenvalue weighted by Crippen LogP contribution is -2.34. The molecule has 6 nitrogen and oxygen atoms in total. The third kappa shape index (κ3) is 4.26. The number of benzene rings is 1. The minimum absolute atomic E-state index is 0.0430. The SMILES string of the molecule is COC(CNC(=O)c1cccc(O)c1C)CC(=O)O. The standard InChI is InChI=1S/C13H17NO5/c1-8-10(4-3-5-11(8)15)13(18)14-7-9(19-2)6-12(16)17/h3-5,9,15H,6-7H2,1-2H3,(H,14,18)(H,16,17). The van der Waals surface area contributed by atoms with Gasteiger partial charge in [-0.2, -0.15) is 0 Å². The second-order valence-corrected chi connectivity index (χ2v) is 4.12. The number of aliphatic carboxylic acids is 1. The third-order valence-corrected chi connectivity index (χ3v) is 2.78. The molecule has 1 aromatic carbocycles. The monoisotopic (exact) mass is 267 g/mol. The lowest BCUT2D eigenvalue weighted by Gasteiger charge is -2.14. The molecule has 1 unspecified atom stereocenters. The maximum Gasteiger partial charge on any atom is 0.306 e. The lowest BCUT2D eigenvalue weighted by atomic mass is 10.1. The first kappa shape index (κ1) is 15.0. The van der Waals surface area contributed by atoms with Crippen LogP contribution in [0, 0.1) is 6.92 Å². The van der Waals surface area contributed by atoms with Gasteiger partial charge in [0.2, 0.25) is 0 Å². The van der Waals surface area contributed by atoms with Gasteiger partial charge in [0.1, 0.15) is 5.75 Å². The number of hydrogen-bond acceptors (Lipinski definition) is 4. The molecule has 0 radical (unpaired) electrons. The Morgan fingerprint density at radius 1 is 1.42 bits per heavy atom. The Hall–Kier alpha value is -2.08. The zero-order chi connectivity index (χ0) is 14.4. The Morgan fingerprint density at radius 3 is 2.68 bits per heavy atom. The van der Waals surface area contributed by atoms with Crippen LogP contribution in [0.2, 0.25) is 0 Å². The molecule has 0 spiro atoms. The molecule has 1 amide bonds. The van der Waals surface area contributed by atoms with Crippen molar-refractivity contribution in [3.05, 3.63) is 29.3 Å². The Balaban J connectivity index is 2.64. The van der Waals surface area contributed by atoms with Crippen LogP contribution in [-0.4, -0.2) is 41.8 Å². The molecule has 104 valence electrons. The van der Waals surface area contributed by atoms with Gasteiger partial charge in [0.15, 0.2) is 0 Å². The molecule has 1 atom stereocenters. The van der Waals surface area contributed by atoms with Crippen molar-refractivity contribution >= 4 is 11.9 Å². The first-order valence-electron chi connectivity index (χ1n) is 5.77. The summed E-state index contributed by atoms with van der Waals surface area (Å²) >= 11 is 0. The van der Waals surface area contributed by atoms with Crippen molar-refractivity contribution in [3.63, 3.8) is 0 Å². The number of carbonyl (C=O) groups excluding carboxylic acids is 1. The molecule has 3 N–H and O–H groups in total. The fourth-order valence-corrected chi connectivity index (χ4v) is 1.60. The number of ether oxygens (including phenoxy) is 1. The highest BCUT2D eigenvalue weighted by Gasteiger charge is 2.16. The van der Waals surface area contributed by atoms with Gasteiger partial charge in [-0.05, 0) is 19.1 Å². The van der Waals surface area contributed by atoms with Gasteiger partial charge >= 0.3 is 5.97 Å². The Morgan fingerprint density at radius 2 is 2.11 bits per heavy atom. The van der Waals surface area contributed by atoms with Crippen molar-refractivity contribution in [1.82, 2.24) is 5.32 Å². The molecule has 1 aromatic rings. The first-order chi connectivity index (χ1) is 8.95. The second kappa shape index (κ2) is 6.75. The van der Waals surface area contributed by atoms with E-state index in [4.69, 9.17) is 9.84 Å². The number of phenolic OH excluding ortho intramolecular Hbond substituents is 1. The van der Waals surface area contributed by atoms with E-state index in [9.17, 15) is 14.7 Å². The number of carboxylic acids is 1. The highest BCUT2D eigenvalue weighted by Crippen LogP contribution is 2.19. The quantitative estimate of drug-likeness (QED) is 0.712. The van der Waals surface area contributed by atoms with Crippen molar-refractivity contribution in [2.45, 2.75) is 19.4 Å². The van der Waals surface area contributed by atoms with Crippen LogP contribution < -0.4 is 5.32 Å². The van der Waals surface area contributed by atoms with Crippen LogP contribution in [0.25, 0.3) is 0 Å². The van der Waals surface area contributed by atoms with Gasteiger partial charge in [0.25, 0.3) is 5.91 Å². The van der Waals surface area contributed by atoms with Gasteiger partial charge in [0, 0.05) is 24.8 Å². The van der Waals surface area contributed by atoms with E-state index < -0.39 is 12.1 Å². The van der Waals surface area contributed by atoms with E-state index in [-0.39, 0.29) is 24.6 Å². The predicted octanol–water partition coefficient (Wildman–Crippen LogP) is 0.920. The molecule has 0 aromatic heterocycles. The minimum atomic E-state index is -0.991. The van der Waals surface area contributed by atoms with Crippen molar-refractivity contribution in [3.8, 4) is 5.75 Å². The fourth-order valence-electron chi connectivity index (χ4n) is 1.60. The number of amides is 1. The van der Waals surface area contributed by atoms with Crippen molar-refractivity contribution < 1.29 is 24.5 Å². The van der Waals surface area contributed by atoms with Gasteiger partial charge in [-0.25, -0.2) is 0 Å². The average Bonchev–Trinajstić information content (AvgIpc) is 2.37. The topological polar surface area (TPSA) is 95.9 Å². The maximum atomic E-state index is 11.9. The molecule has 0 saturated heterocycles. The molecule has 19 heavy (non-hydrogen) atoms. The summed E-state index contributed by atoms with van der Waals surface area (Å²) in [5.74, 6) is -1.32. The molecule has 1 rings (SSSR count). The number of carbonyl (C=O) groups is 2. The number of phenols is 1. The summed E-state index contributed by atoms with van der Waals surface area (Å²) in [5, 5.41) is 20.7. The van der Waals surface area contributed by atoms with Crippen LogP contribution in [0.15, 0.2) is 18.2 Å². The van der Waals surface area contributed by atoms with Crippen molar-refractivity contribution in [2.75, 3.05) is 13.7 Å². The maximum absolute atomic E-state index is 11.9. The first-order valence-corrected chi connectivity index (χ1v) is 5.77. The Bertz CT molecular complexity index is 472. The number of carboxylic acid groups (broad SMARTS) is 1. The van der Waals surface area contributed by atoms with Crippen LogP contribution in [0.4, 0.5) is 0 Å². The van der Waals surface area contributed by atoms with E-state index in [2.05, 4.69) is 5.32 Å². The Labute approximate surface area is 111 Å². The largest absolute Gasteiger partial charge is 0.508 e. The lowest BCUT2D eigenvalue weighted by molar-refractivity contribution is -0.139. The number of rotatable bonds is 6. The summed E-state index contributed by atoms with van der Waals surface area (Å²) in [6.45, 7) is 1.73. The van der Waals surface area contributed by atoms with E-state index in [0.717, 1.165) is 0 Å². The zero-order valence-electron chi connectivity index (χ0n) is 10.8. The van der Waals surface area contributed by atoms with Gasteiger partial charge in [-0.3, -0.25) is 9.59 Å². The molecule has 0 heterocycles. The zero-order valence-corrected chi connectivity index (χ0v) is 10.8. The number of nitrogens with one attached hydrogen (secondary N) is 1. The summed E-state index contributed by atoms with van der Waals surface area (Å²) in [5.41, 5.74) is 0.831. The molecular formula is C13H17NO5. The van der Waals surface area contributed by atoms with Gasteiger partial charge in [0.05, 0.1) is 12.5 Å². The fraction of sp³-hybridized carbons (Fsp3) is 0.385. The molecule has 6 heteroatoms. The van der Waals surface area contributed by atoms with Gasteiger partial charge < -0.3 is 20.3 Å². The van der Waals surface area contributed by atoms with Crippen molar-refractivity contribution in [1.29, 1.82) is 0 Å². The third-order valence-electron chi connectivity index (χ3n) is 2.78. The van der Waals surface area contributed by atoms with E-state index in [0.29, 0.717) is 11.1 Å². The van der Waals surface area contributed by atoms with Crippen LogP contribution in [0.1, 0.15) is 22.3 Å². The van der Waals surface area contributed by atoms with E-state index >= 15 is 0 Å². The summed E-state index contributed by atoms with van der Waals surface area (Å²) in [6, 6.07) is 4.65. The normalized spacial score (nSPS) is 11.9. The molecule has 0 saturated carbocycles. The summed E-state index contributed by atoms with van der Waals surface area (Å²) in [4.78, 5) is 22.5. The summed E-state index contributed by atoms with van der Waals surface area (Å²) < 4.78 is 4.96. The molecule has 0 aliphatic heterocycles. The molecule has 0 aliphatic carbocycles. The van der Waals surface area contributed by atoms with Crippen LogP contribution in [0.3, 0.4) is 0 Å². The highest BCUT2D eigenvalue weighted by atomic mass is 16.5. The smallest absolute Gasteiger partial charge is 0.306 e. The predicted molar refractivity (Wildman–Crippen MR) is 68.2 cm³/mol. The average molecular weight is 267 g/mol. The number of hydrogen-bond donors (Lipinski definition) is 3. The summed E-state index contributed by atoms with van der Waals surface area (Å²) in [7, 11) is 1.39. The van der Waals surface area contributed by atoms with Gasteiger partial charge in [-0.1, -0.05) is 6.07 Å². The van der Waals surface area contributed by atoms with E-state index in [1.54, 1.807) is 19.1 Å². The van der Waals surface area contributed by atoms with E-state index in [1.807, 2.05) is 0 Å². The Kier molecular flexibility index (Phi) is 5.32. The van der Waals surface area contributed by atoms with Crippen LogP contribution in [-0.2, 0) is 9.53 Å². The second-order valence-electron chi connectivity index (χ2n) is 4.12. The van der Waals surface area contributed by atoms with Crippen LogP contribution in [0.5, 0.6) is 5.75 Å². The van der Waals surface area contributed by atoms with E-state index in [1.165, 1.54) is 13.2 Å². The molecule has 0 bridgehead atoms. The number of methoxy groups -OCH3 is 1. The number of aromatic hydroxyl groups is 1. The molecule has 0 fully saturated rings. The minimum Gasteiger partial charge on any atom is -0.508 e.